The van der Waals surface area contributed by atoms with Crippen LogP contribution in [0.5, 0.6) is 0 Å². The van der Waals surface area contributed by atoms with E-state index in [2.05, 4.69) is 13.7 Å². The fourth-order valence-electron chi connectivity index (χ4n) is 0.592. The summed E-state index contributed by atoms with van der Waals surface area (Å²) in [5.74, 6) is 5.28. The van der Waals surface area contributed by atoms with Gasteiger partial charge < -0.3 is 0 Å². The molecule has 0 aromatic heterocycles. The molecule has 0 saturated heterocycles. The minimum atomic E-state index is -0.407. The minimum absolute atomic E-state index is 0.290. The van der Waals surface area contributed by atoms with E-state index < -0.39 is 6.03 Å². The van der Waals surface area contributed by atoms with Gasteiger partial charge in [-0.2, -0.15) is 5.10 Å². The molecule has 0 aromatic rings. The van der Waals surface area contributed by atoms with E-state index in [1.807, 2.05) is 22.9 Å². The smallest absolute Gasteiger partial charge is 0.255 e. The molecule has 11 heavy (non-hydrogen) atoms. The van der Waals surface area contributed by atoms with Crippen LogP contribution in [0.3, 0.4) is 0 Å². The summed E-state index contributed by atoms with van der Waals surface area (Å²) in [6, 6.07) is -0.407. The van der Waals surface area contributed by atoms with E-state index in [-0.39, 0.29) is 0 Å². The van der Waals surface area contributed by atoms with Gasteiger partial charge in [-0.05, 0) is 0 Å². The molecule has 1 aliphatic rings. The third-order valence-electron chi connectivity index (χ3n) is 1.09. The largest absolute Gasteiger partial charge is 0.352 e. The summed E-state index contributed by atoms with van der Waals surface area (Å²) in [5.41, 5.74) is 2.85. The van der Waals surface area contributed by atoms with E-state index in [0.29, 0.717) is 12.3 Å². The van der Waals surface area contributed by atoms with Crippen molar-refractivity contribution in [2.45, 2.75) is 0 Å². The van der Waals surface area contributed by atoms with E-state index >= 15 is 0 Å². The van der Waals surface area contributed by atoms with Crippen LogP contribution in [0.4, 0.5) is 4.79 Å². The van der Waals surface area contributed by atoms with Crippen molar-refractivity contribution in [3.05, 3.63) is 0 Å². The maximum Gasteiger partial charge on any atom is 0.352 e. The zero-order valence-electron chi connectivity index (χ0n) is 5.49. The number of rotatable bonds is 1. The number of hydrogen-bond acceptors (Lipinski definition) is 4. The molecular weight excluding hydrogens is 261 g/mol. The molecule has 1 rings (SSSR count). The average molecular weight is 267 g/mol. The molecule has 0 spiro atoms. The predicted molar refractivity (Wildman–Crippen MR) is 49.4 cm³/mol. The van der Waals surface area contributed by atoms with Crippen LogP contribution in [0.25, 0.3) is 0 Å². The van der Waals surface area contributed by atoms with Crippen LogP contribution < -0.4 is 11.3 Å². The number of nitrogens with zero attached hydrogens (tertiary/aromatic N) is 3. The lowest BCUT2D eigenvalue weighted by molar-refractivity contribution is 0.203. The number of carbonyl (C=O) groups is 1. The van der Waals surface area contributed by atoms with E-state index in [9.17, 15) is 4.79 Å². The number of hydrazine groups is 1. The Morgan fingerprint density at radius 2 is 2.64 bits per heavy atom. The van der Waals surface area contributed by atoms with Crippen LogP contribution in [0.15, 0.2) is 8.31 Å². The van der Waals surface area contributed by atoms with Gasteiger partial charge in [-0.3, -0.25) is 5.01 Å². The van der Waals surface area contributed by atoms with Crippen LogP contribution in [0.1, 0.15) is 0 Å². The van der Waals surface area contributed by atoms with Crippen molar-refractivity contribution < 1.29 is 4.79 Å². The Labute approximate surface area is 77.0 Å². The van der Waals surface area contributed by atoms with Crippen LogP contribution in [-0.4, -0.2) is 29.5 Å². The number of urea groups is 1. The molecule has 7 heteroatoms. The molecular formula is C4H6IN5O. The molecule has 0 aromatic carbocycles. The number of nitrogens with one attached hydrogen (secondary N) is 1. The molecule has 3 N–H and O–H groups in total. The second kappa shape index (κ2) is 3.62. The lowest BCUT2D eigenvalue weighted by Gasteiger charge is -2.19. The van der Waals surface area contributed by atoms with Gasteiger partial charge in [0.1, 0.15) is 5.71 Å². The lowest BCUT2D eigenvalue weighted by Crippen LogP contribution is -2.50. The van der Waals surface area contributed by atoms with Crippen LogP contribution in [0, 0.1) is 0 Å². The van der Waals surface area contributed by atoms with Gasteiger partial charge >= 0.3 is 6.03 Å². The highest BCUT2D eigenvalue weighted by molar-refractivity contribution is 14.1. The average Bonchev–Trinajstić information content (AvgIpc) is 1.98. The maximum atomic E-state index is 10.7. The first kappa shape index (κ1) is 8.40. The first-order chi connectivity index (χ1) is 5.24. The fraction of sp³-hybridized carbons (Fsp3) is 0.250. The Bertz CT molecular complexity index is 225. The van der Waals surface area contributed by atoms with Gasteiger partial charge in [0, 0.05) is 0 Å². The number of halogens is 1. The van der Waals surface area contributed by atoms with Crippen LogP contribution >= 0.6 is 22.9 Å². The first-order valence-corrected chi connectivity index (χ1v) is 3.73. The normalized spacial score (nSPS) is 18.5. The summed E-state index contributed by atoms with van der Waals surface area (Å²) in [5, 5.41) is 4.72. The highest BCUT2D eigenvalue weighted by Crippen LogP contribution is 1.90. The summed E-state index contributed by atoms with van der Waals surface area (Å²) in [7, 11) is 0. The van der Waals surface area contributed by atoms with Crippen LogP contribution in [-0.2, 0) is 0 Å². The van der Waals surface area contributed by atoms with Gasteiger partial charge in [-0.15, -0.1) is 0 Å². The molecule has 0 atom stereocenters. The van der Waals surface area contributed by atoms with E-state index in [1.54, 1.807) is 0 Å². The Balaban J connectivity index is 2.66. The van der Waals surface area contributed by atoms with Gasteiger partial charge in [-0.1, -0.05) is 0 Å². The molecule has 1 aliphatic heterocycles. The Kier molecular flexibility index (Phi) is 2.76. The second-order valence-electron chi connectivity index (χ2n) is 1.87. The highest BCUT2D eigenvalue weighted by atomic mass is 127. The van der Waals surface area contributed by atoms with E-state index in [1.165, 1.54) is 6.21 Å². The third-order valence-corrected chi connectivity index (χ3v) is 1.36. The van der Waals surface area contributed by atoms with E-state index in [4.69, 9.17) is 5.84 Å². The second-order valence-corrected chi connectivity index (χ2v) is 2.43. The maximum absolute atomic E-state index is 10.7. The first-order valence-electron chi connectivity index (χ1n) is 2.77. The number of hydrazone groups is 1. The van der Waals surface area contributed by atoms with Crippen molar-refractivity contribution in [1.82, 2.24) is 10.4 Å². The summed E-state index contributed by atoms with van der Waals surface area (Å²) in [4.78, 5) is 10.7. The summed E-state index contributed by atoms with van der Waals surface area (Å²) in [6.07, 6.45) is 1.53. The van der Waals surface area contributed by atoms with Gasteiger partial charge in [0.2, 0.25) is 0 Å². The number of hydrogen-bond donors (Lipinski definition) is 2. The standard InChI is InChI=1S/C4H6IN5O/c5-7-1-3-2-10(6)4(11)9-8-3/h1H,2,6H2,(H,9,11)/b7-1+. The minimum Gasteiger partial charge on any atom is -0.255 e. The van der Waals surface area contributed by atoms with Crippen molar-refractivity contribution in [1.29, 1.82) is 0 Å². The lowest BCUT2D eigenvalue weighted by atomic mass is 10.4. The highest BCUT2D eigenvalue weighted by Gasteiger charge is 2.15. The summed E-state index contributed by atoms with van der Waals surface area (Å²) >= 11 is 1.82. The summed E-state index contributed by atoms with van der Waals surface area (Å²) < 4.78 is 3.70. The summed E-state index contributed by atoms with van der Waals surface area (Å²) in [6.45, 7) is 0.290. The Morgan fingerprint density at radius 1 is 1.91 bits per heavy atom. The zero-order valence-corrected chi connectivity index (χ0v) is 7.65. The van der Waals surface area contributed by atoms with Crippen molar-refractivity contribution in [3.63, 3.8) is 0 Å². The molecule has 6 nitrogen and oxygen atoms in total. The molecule has 0 fully saturated rings. The molecule has 0 unspecified atom stereocenters. The van der Waals surface area contributed by atoms with Crippen molar-refractivity contribution in [3.8, 4) is 0 Å². The van der Waals surface area contributed by atoms with Gasteiger partial charge in [0.15, 0.2) is 0 Å². The third kappa shape index (κ3) is 2.12. The zero-order chi connectivity index (χ0) is 8.27. The number of nitrogens with two attached hydrogens (primary N) is 1. The Hall–Kier alpha value is -0.700. The molecule has 2 amide bonds. The topological polar surface area (TPSA) is 83.1 Å². The molecule has 1 heterocycles. The van der Waals surface area contributed by atoms with Gasteiger partial charge in [-0.25, -0.2) is 19.3 Å². The molecule has 0 saturated carbocycles. The van der Waals surface area contributed by atoms with Crippen LogP contribution in [0.2, 0.25) is 0 Å². The molecule has 60 valence electrons. The molecule has 0 radical (unpaired) electrons. The molecule has 0 aliphatic carbocycles. The van der Waals surface area contributed by atoms with Crippen molar-refractivity contribution >= 4 is 40.8 Å². The quantitative estimate of drug-likeness (QED) is 0.295. The molecule has 0 bridgehead atoms. The van der Waals surface area contributed by atoms with E-state index in [0.717, 1.165) is 5.01 Å². The number of amides is 2. The Morgan fingerprint density at radius 3 is 3.18 bits per heavy atom. The predicted octanol–water partition coefficient (Wildman–Crippen LogP) is -0.338. The number of carbonyl (C=O) groups excluding carboxylic acids is 1. The van der Waals surface area contributed by atoms with Gasteiger partial charge in [0.25, 0.3) is 0 Å². The monoisotopic (exact) mass is 267 g/mol. The van der Waals surface area contributed by atoms with Crippen molar-refractivity contribution in [2.75, 3.05) is 6.54 Å². The fourth-order valence-corrected chi connectivity index (χ4v) is 0.913. The van der Waals surface area contributed by atoms with Gasteiger partial charge in [0.05, 0.1) is 35.6 Å². The van der Waals surface area contributed by atoms with Crippen molar-refractivity contribution in [2.24, 2.45) is 14.1 Å². The SMILES string of the molecule is NN1CC(/C=N/I)=NNC1=O.